The van der Waals surface area contributed by atoms with Gasteiger partial charge >= 0.3 is 0 Å². The third-order valence-electron chi connectivity index (χ3n) is 2.90. The molecule has 1 aromatic heterocycles. The van der Waals surface area contributed by atoms with Crippen LogP contribution in [0.15, 0.2) is 35.3 Å². The SMILES string of the molecule is Cc1ccc2cccc(NC3=NC(C)CS3)c2n1. The molecule has 1 aromatic carbocycles. The van der Waals surface area contributed by atoms with Gasteiger partial charge in [-0.15, -0.1) is 0 Å². The minimum Gasteiger partial charge on any atom is -0.333 e. The van der Waals surface area contributed by atoms with Crippen molar-refractivity contribution in [1.29, 1.82) is 0 Å². The molecule has 0 spiro atoms. The summed E-state index contributed by atoms with van der Waals surface area (Å²) in [5.41, 5.74) is 3.09. The molecule has 0 aliphatic carbocycles. The summed E-state index contributed by atoms with van der Waals surface area (Å²) in [6.45, 7) is 4.15. The van der Waals surface area contributed by atoms with Crippen molar-refractivity contribution in [2.24, 2.45) is 4.99 Å². The predicted octanol–water partition coefficient (Wildman–Crippen LogP) is 3.45. The molecule has 1 N–H and O–H groups in total. The average molecular weight is 257 g/mol. The van der Waals surface area contributed by atoms with Gasteiger partial charge in [0.2, 0.25) is 0 Å². The van der Waals surface area contributed by atoms with Gasteiger partial charge < -0.3 is 5.32 Å². The first kappa shape index (κ1) is 11.5. The van der Waals surface area contributed by atoms with Crippen LogP contribution in [0, 0.1) is 6.92 Å². The smallest absolute Gasteiger partial charge is 0.161 e. The maximum absolute atomic E-state index is 4.61. The van der Waals surface area contributed by atoms with Crippen molar-refractivity contribution in [3.63, 3.8) is 0 Å². The Bertz CT molecular complexity index is 621. The summed E-state index contributed by atoms with van der Waals surface area (Å²) in [6.07, 6.45) is 0. The van der Waals surface area contributed by atoms with Crippen LogP contribution in [0.2, 0.25) is 0 Å². The third kappa shape index (κ3) is 2.20. The lowest BCUT2D eigenvalue weighted by Crippen LogP contribution is -2.06. The molecule has 0 amide bonds. The lowest BCUT2D eigenvalue weighted by atomic mass is 10.2. The van der Waals surface area contributed by atoms with Crippen molar-refractivity contribution in [3.8, 4) is 0 Å². The van der Waals surface area contributed by atoms with E-state index in [1.807, 2.05) is 19.1 Å². The van der Waals surface area contributed by atoms with Crippen LogP contribution in [-0.4, -0.2) is 21.9 Å². The Morgan fingerprint density at radius 2 is 2.17 bits per heavy atom. The molecule has 1 aliphatic rings. The molecule has 2 heterocycles. The second-order valence-electron chi connectivity index (χ2n) is 4.55. The fourth-order valence-corrected chi connectivity index (χ4v) is 2.91. The zero-order valence-electron chi connectivity index (χ0n) is 10.5. The molecule has 1 unspecified atom stereocenters. The van der Waals surface area contributed by atoms with E-state index in [0.29, 0.717) is 6.04 Å². The standard InChI is InChI=1S/C14H15N3S/c1-9-6-7-11-4-3-5-12(13(11)15-9)17-14-16-10(2)8-18-14/h3-7,10H,8H2,1-2H3,(H,16,17). The molecule has 0 radical (unpaired) electrons. The lowest BCUT2D eigenvalue weighted by molar-refractivity contribution is 0.865. The van der Waals surface area contributed by atoms with Gasteiger partial charge in [0.05, 0.1) is 17.2 Å². The van der Waals surface area contributed by atoms with Crippen LogP contribution >= 0.6 is 11.8 Å². The molecule has 1 aliphatic heterocycles. The zero-order valence-corrected chi connectivity index (χ0v) is 11.3. The van der Waals surface area contributed by atoms with E-state index in [0.717, 1.165) is 33.2 Å². The van der Waals surface area contributed by atoms with Crippen molar-refractivity contribution in [3.05, 3.63) is 36.0 Å². The Kier molecular flexibility index (Phi) is 2.96. The molecular weight excluding hydrogens is 242 g/mol. The van der Waals surface area contributed by atoms with Crippen molar-refractivity contribution in [2.75, 3.05) is 11.1 Å². The Morgan fingerprint density at radius 3 is 2.94 bits per heavy atom. The van der Waals surface area contributed by atoms with Crippen LogP contribution in [0.1, 0.15) is 12.6 Å². The topological polar surface area (TPSA) is 37.3 Å². The van der Waals surface area contributed by atoms with Crippen molar-refractivity contribution < 1.29 is 0 Å². The number of anilines is 1. The van der Waals surface area contributed by atoms with Crippen molar-refractivity contribution in [1.82, 2.24) is 4.98 Å². The Morgan fingerprint density at radius 1 is 1.28 bits per heavy atom. The van der Waals surface area contributed by atoms with E-state index in [2.05, 4.69) is 40.4 Å². The molecule has 18 heavy (non-hydrogen) atoms. The van der Waals surface area contributed by atoms with Crippen LogP contribution in [0.3, 0.4) is 0 Å². The third-order valence-corrected chi connectivity index (χ3v) is 4.03. The van der Waals surface area contributed by atoms with Gasteiger partial charge in [0, 0.05) is 16.8 Å². The summed E-state index contributed by atoms with van der Waals surface area (Å²) in [6, 6.07) is 10.7. The number of rotatable bonds is 1. The zero-order chi connectivity index (χ0) is 12.5. The number of thioether (sulfide) groups is 1. The van der Waals surface area contributed by atoms with E-state index in [4.69, 9.17) is 0 Å². The minimum absolute atomic E-state index is 0.405. The molecular formula is C14H15N3S. The maximum Gasteiger partial charge on any atom is 0.161 e. The molecule has 0 fully saturated rings. The number of fused-ring (bicyclic) bond motifs is 1. The van der Waals surface area contributed by atoms with Crippen molar-refractivity contribution >= 4 is 33.5 Å². The predicted molar refractivity (Wildman–Crippen MR) is 79.5 cm³/mol. The highest BCUT2D eigenvalue weighted by Crippen LogP contribution is 2.25. The molecule has 1 atom stereocenters. The number of para-hydroxylation sites is 1. The monoisotopic (exact) mass is 257 g/mol. The largest absolute Gasteiger partial charge is 0.333 e. The normalized spacial score (nSPS) is 19.0. The second kappa shape index (κ2) is 4.61. The van der Waals surface area contributed by atoms with Gasteiger partial charge in [0.25, 0.3) is 0 Å². The van der Waals surface area contributed by atoms with Gasteiger partial charge in [-0.05, 0) is 26.0 Å². The number of nitrogens with zero attached hydrogens (tertiary/aromatic N) is 2. The van der Waals surface area contributed by atoms with Crippen LogP contribution in [-0.2, 0) is 0 Å². The summed E-state index contributed by atoms with van der Waals surface area (Å²) in [4.78, 5) is 9.16. The van der Waals surface area contributed by atoms with Gasteiger partial charge in [-0.2, -0.15) is 0 Å². The first-order chi connectivity index (χ1) is 8.72. The average Bonchev–Trinajstić information content (AvgIpc) is 2.76. The van der Waals surface area contributed by atoms with Gasteiger partial charge in [0.15, 0.2) is 5.17 Å². The highest BCUT2D eigenvalue weighted by Gasteiger charge is 2.14. The molecule has 3 nitrogen and oxygen atoms in total. The Hall–Kier alpha value is -1.55. The summed E-state index contributed by atoms with van der Waals surface area (Å²) in [5, 5.41) is 5.55. The quantitative estimate of drug-likeness (QED) is 0.850. The van der Waals surface area contributed by atoms with E-state index in [1.54, 1.807) is 11.8 Å². The Balaban J connectivity index is 2.01. The summed E-state index contributed by atoms with van der Waals surface area (Å²) < 4.78 is 0. The Labute approximate surface area is 111 Å². The van der Waals surface area contributed by atoms with Gasteiger partial charge in [-0.1, -0.05) is 30.0 Å². The summed E-state index contributed by atoms with van der Waals surface area (Å²) in [7, 11) is 0. The van der Waals surface area contributed by atoms with Gasteiger partial charge in [-0.25, -0.2) is 0 Å². The highest BCUT2D eigenvalue weighted by molar-refractivity contribution is 8.14. The van der Waals surface area contributed by atoms with E-state index in [1.165, 1.54) is 0 Å². The minimum atomic E-state index is 0.405. The maximum atomic E-state index is 4.61. The number of hydrogen-bond acceptors (Lipinski definition) is 4. The van der Waals surface area contributed by atoms with Crippen LogP contribution in [0.5, 0.6) is 0 Å². The second-order valence-corrected chi connectivity index (χ2v) is 5.56. The van der Waals surface area contributed by atoms with Gasteiger partial charge in [-0.3, -0.25) is 9.98 Å². The number of hydrogen-bond donors (Lipinski definition) is 1. The fourth-order valence-electron chi connectivity index (χ4n) is 2.00. The number of aromatic nitrogens is 1. The molecule has 2 aromatic rings. The van der Waals surface area contributed by atoms with Crippen LogP contribution in [0.25, 0.3) is 10.9 Å². The molecule has 0 saturated carbocycles. The highest BCUT2D eigenvalue weighted by atomic mass is 32.2. The first-order valence-electron chi connectivity index (χ1n) is 6.06. The van der Waals surface area contributed by atoms with E-state index < -0.39 is 0 Å². The van der Waals surface area contributed by atoms with Crippen molar-refractivity contribution in [2.45, 2.75) is 19.9 Å². The first-order valence-corrected chi connectivity index (χ1v) is 7.05. The summed E-state index contributed by atoms with van der Waals surface area (Å²) in [5.74, 6) is 1.06. The van der Waals surface area contributed by atoms with Crippen LogP contribution < -0.4 is 5.32 Å². The summed E-state index contributed by atoms with van der Waals surface area (Å²) >= 11 is 1.77. The number of benzene rings is 1. The van der Waals surface area contributed by atoms with Crippen LogP contribution in [0.4, 0.5) is 5.69 Å². The number of aliphatic imine (C=N–C) groups is 1. The van der Waals surface area contributed by atoms with Gasteiger partial charge in [0.1, 0.15) is 0 Å². The van der Waals surface area contributed by atoms with E-state index in [9.17, 15) is 0 Å². The molecule has 0 saturated heterocycles. The molecule has 0 bridgehead atoms. The number of pyridine rings is 1. The number of amidine groups is 1. The lowest BCUT2D eigenvalue weighted by Gasteiger charge is -2.08. The van der Waals surface area contributed by atoms with E-state index in [-0.39, 0.29) is 0 Å². The fraction of sp³-hybridized carbons (Fsp3) is 0.286. The molecule has 4 heteroatoms. The van der Waals surface area contributed by atoms with E-state index >= 15 is 0 Å². The molecule has 3 rings (SSSR count). The molecule has 92 valence electrons. The number of nitrogens with one attached hydrogen (secondary N) is 1. The number of aryl methyl sites for hydroxylation is 1.